The number of pyridine rings is 1. The van der Waals surface area contributed by atoms with Crippen molar-refractivity contribution in [3.05, 3.63) is 58.2 Å². The number of nitrogens with zero attached hydrogens (tertiary/aromatic N) is 4. The molecular weight excluding hydrogens is 442 g/mol. The van der Waals surface area contributed by atoms with Crippen molar-refractivity contribution >= 4 is 35.0 Å². The van der Waals surface area contributed by atoms with Gasteiger partial charge < -0.3 is 20.7 Å². The van der Waals surface area contributed by atoms with Crippen LogP contribution < -0.4 is 20.7 Å². The average molecular weight is 463 g/mol. The fourth-order valence-electron chi connectivity index (χ4n) is 3.37. The third-order valence-corrected chi connectivity index (χ3v) is 5.76. The summed E-state index contributed by atoms with van der Waals surface area (Å²) in [5.41, 5.74) is 7.85. The minimum absolute atomic E-state index is 0.0837. The first-order valence-electron chi connectivity index (χ1n) is 9.77. The van der Waals surface area contributed by atoms with Crippen molar-refractivity contribution < 1.29 is 9.13 Å². The van der Waals surface area contributed by atoms with E-state index < -0.39 is 11.9 Å². The maximum atomic E-state index is 13.9. The van der Waals surface area contributed by atoms with Crippen LogP contribution in [-0.2, 0) is 0 Å². The second-order valence-corrected chi connectivity index (χ2v) is 7.92. The minimum Gasteiger partial charge on any atom is -0.482 e. The molecule has 0 spiro atoms. The van der Waals surface area contributed by atoms with E-state index in [0.29, 0.717) is 22.3 Å². The lowest BCUT2D eigenvalue weighted by molar-refractivity contribution is 0.227. The van der Waals surface area contributed by atoms with Crippen LogP contribution in [0.1, 0.15) is 18.6 Å². The number of halogens is 3. The molecule has 1 saturated heterocycles. The lowest BCUT2D eigenvalue weighted by atomic mass is 10.1. The van der Waals surface area contributed by atoms with E-state index >= 15 is 0 Å². The molecule has 4 rings (SSSR count). The smallest absolute Gasteiger partial charge is 0.225 e. The zero-order valence-electron chi connectivity index (χ0n) is 16.8. The third kappa shape index (κ3) is 4.66. The van der Waals surface area contributed by atoms with E-state index in [1.54, 1.807) is 31.6 Å². The molecule has 3 aromatic rings. The number of nitrogens with two attached hydrogens (primary N) is 1. The summed E-state index contributed by atoms with van der Waals surface area (Å²) in [7, 11) is 0. The molecule has 1 atom stereocenters. The van der Waals surface area contributed by atoms with Gasteiger partial charge >= 0.3 is 0 Å². The van der Waals surface area contributed by atoms with Gasteiger partial charge in [0.05, 0.1) is 5.02 Å². The fraction of sp³-hybridized carbons (Fsp3) is 0.286. The van der Waals surface area contributed by atoms with Crippen LogP contribution in [0.15, 0.2) is 36.8 Å². The van der Waals surface area contributed by atoms with Crippen LogP contribution in [0, 0.1) is 5.82 Å². The highest BCUT2D eigenvalue weighted by atomic mass is 35.5. The Bertz CT molecular complexity index is 1080. The maximum Gasteiger partial charge on any atom is 0.225 e. The molecule has 2 aromatic heterocycles. The first-order chi connectivity index (χ1) is 14.9. The summed E-state index contributed by atoms with van der Waals surface area (Å²) in [4.78, 5) is 15.3. The van der Waals surface area contributed by atoms with Crippen molar-refractivity contribution in [2.45, 2.75) is 13.0 Å². The van der Waals surface area contributed by atoms with Gasteiger partial charge in [-0.05, 0) is 25.1 Å². The first-order valence-corrected chi connectivity index (χ1v) is 10.5. The molecule has 10 heteroatoms. The minimum atomic E-state index is -0.651. The van der Waals surface area contributed by atoms with E-state index in [1.807, 2.05) is 0 Å². The van der Waals surface area contributed by atoms with Gasteiger partial charge in [0.2, 0.25) is 5.95 Å². The van der Waals surface area contributed by atoms with Gasteiger partial charge in [0, 0.05) is 66.5 Å². The molecule has 3 heterocycles. The fourth-order valence-corrected chi connectivity index (χ4v) is 4.05. The standard InChI is InChI=1S/C21H21Cl2FN6O/c1-12(18-15(22)2-3-16(24)19(18)23)31-17-8-13(9-27-20(17)25)14-10-28-21(29-11-14)30-6-4-26-5-7-30/h2-3,8-12,26H,4-7H2,1H3,(H2,25,27)/t12-/m1/s1. The van der Waals surface area contributed by atoms with Crippen molar-refractivity contribution in [3.63, 3.8) is 0 Å². The summed E-state index contributed by atoms with van der Waals surface area (Å²) in [6.45, 7) is 5.26. The van der Waals surface area contributed by atoms with E-state index in [4.69, 9.17) is 33.7 Å². The largest absolute Gasteiger partial charge is 0.482 e. The summed E-state index contributed by atoms with van der Waals surface area (Å²) in [5, 5.41) is 3.52. The Kier molecular flexibility index (Phi) is 6.41. The number of benzene rings is 1. The molecule has 1 fully saturated rings. The number of piperazine rings is 1. The molecule has 162 valence electrons. The highest BCUT2D eigenvalue weighted by Gasteiger charge is 2.20. The summed E-state index contributed by atoms with van der Waals surface area (Å²) >= 11 is 12.3. The third-order valence-electron chi connectivity index (χ3n) is 5.04. The van der Waals surface area contributed by atoms with E-state index in [1.165, 1.54) is 12.1 Å². The van der Waals surface area contributed by atoms with Gasteiger partial charge in [-0.3, -0.25) is 0 Å². The van der Waals surface area contributed by atoms with Crippen molar-refractivity contribution in [2.75, 3.05) is 36.8 Å². The number of rotatable bonds is 5. The van der Waals surface area contributed by atoms with Crippen molar-refractivity contribution in [2.24, 2.45) is 0 Å². The van der Waals surface area contributed by atoms with E-state index in [0.717, 1.165) is 37.3 Å². The quantitative estimate of drug-likeness (QED) is 0.551. The van der Waals surface area contributed by atoms with Gasteiger partial charge in [0.1, 0.15) is 11.9 Å². The van der Waals surface area contributed by atoms with Crippen LogP contribution >= 0.6 is 23.2 Å². The highest BCUT2D eigenvalue weighted by Crippen LogP contribution is 2.36. The van der Waals surface area contributed by atoms with Crippen LogP contribution in [0.5, 0.6) is 5.75 Å². The lowest BCUT2D eigenvalue weighted by Gasteiger charge is -2.27. The number of nitrogen functional groups attached to an aromatic ring is 1. The zero-order chi connectivity index (χ0) is 22.0. The Balaban J connectivity index is 1.57. The SMILES string of the molecule is C[C@@H](Oc1cc(-c2cnc(N3CCNCC3)nc2)cnc1N)c1c(Cl)ccc(F)c1Cl. The molecule has 0 unspecified atom stereocenters. The predicted octanol–water partition coefficient (Wildman–Crippen LogP) is 4.12. The van der Waals surface area contributed by atoms with Crippen molar-refractivity contribution in [1.82, 2.24) is 20.3 Å². The molecule has 0 saturated carbocycles. The Morgan fingerprint density at radius 3 is 2.48 bits per heavy atom. The molecule has 0 radical (unpaired) electrons. The number of ether oxygens (including phenoxy) is 1. The van der Waals surface area contributed by atoms with Gasteiger partial charge in [-0.2, -0.15) is 0 Å². The number of hydrogen-bond acceptors (Lipinski definition) is 7. The lowest BCUT2D eigenvalue weighted by Crippen LogP contribution is -2.44. The van der Waals surface area contributed by atoms with E-state index in [-0.39, 0.29) is 10.8 Å². The second kappa shape index (κ2) is 9.21. The molecule has 1 aliphatic rings. The summed E-state index contributed by atoms with van der Waals surface area (Å²) in [6.07, 6.45) is 4.45. The maximum absolute atomic E-state index is 13.9. The number of hydrogen-bond donors (Lipinski definition) is 2. The Hall–Kier alpha value is -2.68. The molecular formula is C21H21Cl2FN6O. The van der Waals surface area contributed by atoms with E-state index in [2.05, 4.69) is 25.2 Å². The van der Waals surface area contributed by atoms with Crippen LogP contribution in [0.25, 0.3) is 11.1 Å². The van der Waals surface area contributed by atoms with Crippen LogP contribution in [-0.4, -0.2) is 41.1 Å². The van der Waals surface area contributed by atoms with E-state index in [9.17, 15) is 4.39 Å². The van der Waals surface area contributed by atoms with Gasteiger partial charge in [0.15, 0.2) is 11.6 Å². The monoisotopic (exact) mass is 462 g/mol. The Morgan fingerprint density at radius 1 is 1.10 bits per heavy atom. The number of nitrogens with one attached hydrogen (secondary N) is 1. The number of anilines is 2. The van der Waals surface area contributed by atoms with Crippen molar-refractivity contribution in [1.29, 1.82) is 0 Å². The predicted molar refractivity (Wildman–Crippen MR) is 120 cm³/mol. The van der Waals surface area contributed by atoms with Crippen LogP contribution in [0.4, 0.5) is 16.2 Å². The summed E-state index contributed by atoms with van der Waals surface area (Å²) in [6, 6.07) is 4.39. The first kappa shape index (κ1) is 21.5. The van der Waals surface area contributed by atoms with Gasteiger partial charge in [-0.25, -0.2) is 19.3 Å². The molecule has 1 aromatic carbocycles. The molecule has 0 bridgehead atoms. The van der Waals surface area contributed by atoms with Gasteiger partial charge in [-0.15, -0.1) is 0 Å². The molecule has 3 N–H and O–H groups in total. The molecule has 7 nitrogen and oxygen atoms in total. The highest BCUT2D eigenvalue weighted by molar-refractivity contribution is 6.36. The normalized spacial score (nSPS) is 15.0. The number of aromatic nitrogens is 3. The molecule has 1 aliphatic heterocycles. The summed E-state index contributed by atoms with van der Waals surface area (Å²) < 4.78 is 19.8. The van der Waals surface area contributed by atoms with Gasteiger partial charge in [-0.1, -0.05) is 23.2 Å². The zero-order valence-corrected chi connectivity index (χ0v) is 18.3. The average Bonchev–Trinajstić information content (AvgIpc) is 2.79. The van der Waals surface area contributed by atoms with Crippen LogP contribution in [0.3, 0.4) is 0 Å². The molecule has 31 heavy (non-hydrogen) atoms. The van der Waals surface area contributed by atoms with Gasteiger partial charge in [0.25, 0.3) is 0 Å². The second-order valence-electron chi connectivity index (χ2n) is 7.13. The van der Waals surface area contributed by atoms with Crippen LogP contribution in [0.2, 0.25) is 10.0 Å². The van der Waals surface area contributed by atoms with Crippen molar-refractivity contribution in [3.8, 4) is 16.9 Å². The Labute approximate surface area is 189 Å². The molecule has 0 amide bonds. The topological polar surface area (TPSA) is 89.2 Å². The Morgan fingerprint density at radius 2 is 1.77 bits per heavy atom. The summed E-state index contributed by atoms with van der Waals surface area (Å²) in [5.74, 6) is 0.636. The molecule has 0 aliphatic carbocycles.